The molecule has 0 aliphatic rings. The van der Waals surface area contributed by atoms with Gasteiger partial charge in [-0.25, -0.2) is 0 Å². The second kappa shape index (κ2) is 8.18. The fraction of sp³-hybridized carbons (Fsp3) is 0.0500. The first kappa shape index (κ1) is 19.3. The summed E-state index contributed by atoms with van der Waals surface area (Å²) in [6.45, 7) is 0.376. The van der Waals surface area contributed by atoms with E-state index in [1.54, 1.807) is 24.3 Å². The van der Waals surface area contributed by atoms with Gasteiger partial charge in [0.1, 0.15) is 0 Å². The maximum Gasteiger partial charge on any atom is 0.281 e. The Morgan fingerprint density at radius 3 is 2.50 bits per heavy atom. The zero-order chi connectivity index (χ0) is 21.1. The van der Waals surface area contributed by atoms with Crippen LogP contribution in [0.3, 0.4) is 0 Å². The number of hydrogen-bond acceptors (Lipinski definition) is 7. The molecule has 0 unspecified atom stereocenters. The summed E-state index contributed by atoms with van der Waals surface area (Å²) in [5, 5.41) is 18.8. The number of nitro groups is 1. The van der Waals surface area contributed by atoms with Gasteiger partial charge in [0.2, 0.25) is 11.8 Å². The summed E-state index contributed by atoms with van der Waals surface area (Å²) in [6, 6.07) is 15.9. The van der Waals surface area contributed by atoms with E-state index in [-0.39, 0.29) is 23.0 Å². The van der Waals surface area contributed by atoms with Crippen LogP contribution in [0.15, 0.2) is 71.3 Å². The van der Waals surface area contributed by atoms with E-state index >= 15 is 0 Å². The number of benzene rings is 2. The van der Waals surface area contributed by atoms with Crippen LogP contribution in [-0.4, -0.2) is 25.6 Å². The minimum Gasteiger partial charge on any atom is -0.461 e. The standard InChI is InChI=1S/C20H14ClN5O4/c21-15-7-3-13(4-8-15)12-22-20-23-18(17-2-1-11-30-17)24-25(20)19(27)14-5-9-16(10-6-14)26(28)29/h1-11H,12H2,(H,22,23,24). The Morgan fingerprint density at radius 1 is 1.13 bits per heavy atom. The Kier molecular flexibility index (Phi) is 5.27. The zero-order valence-electron chi connectivity index (χ0n) is 15.4. The number of furan rings is 1. The molecule has 0 fully saturated rings. The number of rotatable bonds is 6. The van der Waals surface area contributed by atoms with Gasteiger partial charge < -0.3 is 9.73 Å². The highest BCUT2D eigenvalue weighted by molar-refractivity contribution is 6.30. The number of nitrogens with zero attached hydrogens (tertiary/aromatic N) is 4. The van der Waals surface area contributed by atoms with Gasteiger partial charge in [0, 0.05) is 29.3 Å². The van der Waals surface area contributed by atoms with Crippen molar-refractivity contribution in [3.8, 4) is 11.6 Å². The van der Waals surface area contributed by atoms with Gasteiger partial charge in [-0.05, 0) is 42.0 Å². The van der Waals surface area contributed by atoms with E-state index in [4.69, 9.17) is 16.0 Å². The number of non-ortho nitro benzene ring substituents is 1. The van der Waals surface area contributed by atoms with Crippen LogP contribution >= 0.6 is 11.6 Å². The van der Waals surface area contributed by atoms with Crippen molar-refractivity contribution in [2.24, 2.45) is 0 Å². The maximum atomic E-state index is 13.0. The zero-order valence-corrected chi connectivity index (χ0v) is 16.1. The summed E-state index contributed by atoms with van der Waals surface area (Å²) >= 11 is 5.91. The molecule has 0 saturated carbocycles. The van der Waals surface area contributed by atoms with Crippen LogP contribution < -0.4 is 5.32 Å². The number of carbonyl (C=O) groups is 1. The number of anilines is 1. The van der Waals surface area contributed by atoms with Gasteiger partial charge >= 0.3 is 0 Å². The quantitative estimate of drug-likeness (QED) is 0.361. The Hall–Kier alpha value is -3.98. The molecule has 0 radical (unpaired) electrons. The van der Waals surface area contributed by atoms with Crippen molar-refractivity contribution < 1.29 is 14.1 Å². The number of halogens is 1. The van der Waals surface area contributed by atoms with Crippen LogP contribution in [0.5, 0.6) is 0 Å². The molecule has 4 rings (SSSR count). The number of nitro benzene ring substituents is 1. The maximum absolute atomic E-state index is 13.0. The first-order chi connectivity index (χ1) is 14.5. The second-order valence-electron chi connectivity index (χ2n) is 6.24. The van der Waals surface area contributed by atoms with Gasteiger partial charge in [0.05, 0.1) is 11.2 Å². The molecular formula is C20H14ClN5O4. The summed E-state index contributed by atoms with van der Waals surface area (Å²) < 4.78 is 6.43. The molecule has 10 heteroatoms. The molecule has 1 N–H and O–H groups in total. The van der Waals surface area contributed by atoms with E-state index in [9.17, 15) is 14.9 Å². The normalized spacial score (nSPS) is 10.7. The highest BCUT2D eigenvalue weighted by atomic mass is 35.5. The predicted molar refractivity (Wildman–Crippen MR) is 109 cm³/mol. The third-order valence-electron chi connectivity index (χ3n) is 4.23. The Balaban J connectivity index is 1.65. The summed E-state index contributed by atoms with van der Waals surface area (Å²) in [5.41, 5.74) is 1.05. The van der Waals surface area contributed by atoms with E-state index in [0.717, 1.165) is 10.2 Å². The molecule has 4 aromatic rings. The van der Waals surface area contributed by atoms with E-state index in [0.29, 0.717) is 17.3 Å². The third kappa shape index (κ3) is 4.06. The molecule has 0 saturated heterocycles. The van der Waals surface area contributed by atoms with Crippen molar-refractivity contribution in [2.45, 2.75) is 6.54 Å². The minimum absolute atomic E-state index is 0.109. The number of hydrogen-bond donors (Lipinski definition) is 1. The van der Waals surface area contributed by atoms with Crippen LogP contribution in [0.25, 0.3) is 11.6 Å². The smallest absolute Gasteiger partial charge is 0.281 e. The lowest BCUT2D eigenvalue weighted by molar-refractivity contribution is -0.384. The molecule has 9 nitrogen and oxygen atoms in total. The topological polar surface area (TPSA) is 116 Å². The lowest BCUT2D eigenvalue weighted by Gasteiger charge is -2.07. The van der Waals surface area contributed by atoms with Crippen LogP contribution in [0, 0.1) is 10.1 Å². The van der Waals surface area contributed by atoms with E-state index in [1.165, 1.54) is 30.5 Å². The van der Waals surface area contributed by atoms with Gasteiger partial charge in [-0.3, -0.25) is 14.9 Å². The number of aromatic nitrogens is 3. The highest BCUT2D eigenvalue weighted by Crippen LogP contribution is 2.21. The van der Waals surface area contributed by atoms with Crippen LogP contribution in [0.2, 0.25) is 5.02 Å². The average Bonchev–Trinajstić information content (AvgIpc) is 3.43. The molecule has 0 amide bonds. The highest BCUT2D eigenvalue weighted by Gasteiger charge is 2.20. The summed E-state index contributed by atoms with van der Waals surface area (Å²) in [7, 11) is 0. The molecule has 0 aliphatic heterocycles. The Bertz CT molecular complexity index is 1190. The molecule has 30 heavy (non-hydrogen) atoms. The van der Waals surface area contributed by atoms with Gasteiger partial charge in [-0.2, -0.15) is 9.67 Å². The number of carbonyl (C=O) groups excluding carboxylic acids is 1. The Morgan fingerprint density at radius 2 is 1.87 bits per heavy atom. The molecule has 150 valence electrons. The van der Waals surface area contributed by atoms with Gasteiger partial charge in [-0.15, -0.1) is 5.10 Å². The molecule has 2 heterocycles. The van der Waals surface area contributed by atoms with Crippen molar-refractivity contribution in [3.63, 3.8) is 0 Å². The van der Waals surface area contributed by atoms with E-state index < -0.39 is 10.8 Å². The van der Waals surface area contributed by atoms with E-state index in [2.05, 4.69) is 15.4 Å². The largest absolute Gasteiger partial charge is 0.461 e. The first-order valence-electron chi connectivity index (χ1n) is 8.79. The van der Waals surface area contributed by atoms with Crippen molar-refractivity contribution in [1.82, 2.24) is 14.8 Å². The summed E-state index contributed by atoms with van der Waals surface area (Å²) in [6.07, 6.45) is 1.48. The molecule has 2 aromatic heterocycles. The number of nitrogens with one attached hydrogen (secondary N) is 1. The molecule has 0 atom stereocenters. The van der Waals surface area contributed by atoms with Crippen molar-refractivity contribution >= 4 is 29.1 Å². The van der Waals surface area contributed by atoms with Gasteiger partial charge in [0.25, 0.3) is 11.6 Å². The Labute approximate surface area is 175 Å². The fourth-order valence-electron chi connectivity index (χ4n) is 2.71. The van der Waals surface area contributed by atoms with Crippen molar-refractivity contribution in [2.75, 3.05) is 5.32 Å². The SMILES string of the molecule is O=C(c1ccc([N+](=O)[O-])cc1)n1nc(-c2ccco2)nc1NCc1ccc(Cl)cc1. The lowest BCUT2D eigenvalue weighted by Crippen LogP contribution is -2.17. The van der Waals surface area contributed by atoms with Crippen LogP contribution in [0.4, 0.5) is 11.6 Å². The molecule has 2 aromatic carbocycles. The summed E-state index contributed by atoms with van der Waals surface area (Å²) in [4.78, 5) is 27.7. The second-order valence-corrected chi connectivity index (χ2v) is 6.67. The van der Waals surface area contributed by atoms with Gasteiger partial charge in [0.15, 0.2) is 5.76 Å². The summed E-state index contributed by atoms with van der Waals surface area (Å²) in [5.74, 6) is 0.349. The molecule has 0 spiro atoms. The lowest BCUT2D eigenvalue weighted by atomic mass is 10.2. The minimum atomic E-state index is -0.530. The van der Waals surface area contributed by atoms with Crippen molar-refractivity contribution in [3.05, 3.63) is 93.2 Å². The van der Waals surface area contributed by atoms with Crippen LogP contribution in [0.1, 0.15) is 15.9 Å². The van der Waals surface area contributed by atoms with Gasteiger partial charge in [-0.1, -0.05) is 23.7 Å². The third-order valence-corrected chi connectivity index (χ3v) is 4.48. The van der Waals surface area contributed by atoms with Crippen molar-refractivity contribution in [1.29, 1.82) is 0 Å². The molecule has 0 bridgehead atoms. The first-order valence-corrected chi connectivity index (χ1v) is 9.17. The van der Waals surface area contributed by atoms with E-state index in [1.807, 2.05) is 12.1 Å². The van der Waals surface area contributed by atoms with Crippen LogP contribution in [-0.2, 0) is 6.54 Å². The average molecular weight is 424 g/mol. The predicted octanol–water partition coefficient (Wildman–Crippen LogP) is 4.40. The molecular weight excluding hydrogens is 410 g/mol. The fourth-order valence-corrected chi connectivity index (χ4v) is 2.84. The monoisotopic (exact) mass is 423 g/mol. The molecule has 0 aliphatic carbocycles.